The van der Waals surface area contributed by atoms with Gasteiger partial charge in [0.1, 0.15) is 5.52 Å². The lowest BCUT2D eigenvalue weighted by Gasteiger charge is -2.32. The Morgan fingerprint density at radius 3 is 2.23 bits per heavy atom. The van der Waals surface area contributed by atoms with E-state index in [9.17, 15) is 4.79 Å². The van der Waals surface area contributed by atoms with Gasteiger partial charge in [0.05, 0.1) is 5.52 Å². The summed E-state index contributed by atoms with van der Waals surface area (Å²) in [6, 6.07) is 18.0. The summed E-state index contributed by atoms with van der Waals surface area (Å²) < 4.78 is 0. The van der Waals surface area contributed by atoms with Crippen LogP contribution in [0.15, 0.2) is 54.6 Å². The van der Waals surface area contributed by atoms with Crippen molar-refractivity contribution in [3.8, 4) is 11.1 Å². The maximum absolute atomic E-state index is 12.8. The molecule has 1 aromatic heterocycles. The van der Waals surface area contributed by atoms with E-state index in [4.69, 9.17) is 4.98 Å². The number of aromatic nitrogens is 3. The summed E-state index contributed by atoms with van der Waals surface area (Å²) in [4.78, 5) is 21.7. The fourth-order valence-corrected chi connectivity index (χ4v) is 4.70. The first-order valence-corrected chi connectivity index (χ1v) is 12.0. The average Bonchev–Trinajstić information content (AvgIpc) is 2.85. The molecular weight excluding hydrogens is 436 g/mol. The highest BCUT2D eigenvalue weighted by Crippen LogP contribution is 2.31. The molecule has 178 valence electrons. The quantitative estimate of drug-likeness (QED) is 0.468. The predicted octanol–water partition coefficient (Wildman–Crippen LogP) is 4.75. The molecule has 0 atom stereocenters. The largest absolute Gasteiger partial charge is 0.336 e. The second-order valence-corrected chi connectivity index (χ2v) is 9.36. The summed E-state index contributed by atoms with van der Waals surface area (Å²) in [5, 5.41) is 12.0. The zero-order chi connectivity index (χ0) is 24.5. The Morgan fingerprint density at radius 1 is 0.857 bits per heavy atom. The van der Waals surface area contributed by atoms with Gasteiger partial charge in [0.15, 0.2) is 0 Å². The third kappa shape index (κ3) is 4.72. The first kappa shape index (κ1) is 22.9. The van der Waals surface area contributed by atoms with Gasteiger partial charge in [0.2, 0.25) is 5.95 Å². The monoisotopic (exact) mass is 466 g/mol. The van der Waals surface area contributed by atoms with E-state index in [1.54, 1.807) is 0 Å². The number of carbonyl (C=O) groups is 1. The zero-order valence-electron chi connectivity index (χ0n) is 20.7. The fourth-order valence-electron chi connectivity index (χ4n) is 4.70. The topological polar surface area (TPSA) is 74.2 Å². The lowest BCUT2D eigenvalue weighted by atomic mass is 9.94. The van der Waals surface area contributed by atoms with Gasteiger partial charge in [-0.25, -0.2) is 4.98 Å². The molecule has 7 heteroatoms. The Balaban J connectivity index is 1.35. The number of nitrogens with zero attached hydrogens (tertiary/aromatic N) is 5. The Hall–Kier alpha value is -3.84. The van der Waals surface area contributed by atoms with Crippen LogP contribution in [0.25, 0.3) is 22.2 Å². The summed E-state index contributed by atoms with van der Waals surface area (Å²) in [6.07, 6.45) is 0. The number of nitrogens with one attached hydrogen (secondary N) is 1. The average molecular weight is 467 g/mol. The molecule has 0 aliphatic carbocycles. The highest BCUT2D eigenvalue weighted by atomic mass is 16.2. The number of hydrogen-bond acceptors (Lipinski definition) is 6. The maximum atomic E-state index is 12.8. The van der Waals surface area contributed by atoms with Gasteiger partial charge in [-0.3, -0.25) is 4.79 Å². The van der Waals surface area contributed by atoms with Crippen LogP contribution < -0.4 is 5.32 Å². The number of rotatable bonds is 4. The molecule has 1 aliphatic rings. The van der Waals surface area contributed by atoms with Crippen LogP contribution >= 0.6 is 0 Å². The molecule has 7 nitrogen and oxygen atoms in total. The van der Waals surface area contributed by atoms with E-state index in [2.05, 4.69) is 78.6 Å². The molecule has 3 aromatic carbocycles. The molecule has 1 saturated heterocycles. The van der Waals surface area contributed by atoms with Gasteiger partial charge in [-0.05, 0) is 92.0 Å². The van der Waals surface area contributed by atoms with E-state index in [1.807, 2.05) is 29.2 Å². The Labute approximate surface area is 205 Å². The van der Waals surface area contributed by atoms with Crippen molar-refractivity contribution in [2.45, 2.75) is 20.8 Å². The Kier molecular flexibility index (Phi) is 6.17. The number of aryl methyl sites for hydroxylation is 3. The third-order valence-electron chi connectivity index (χ3n) is 6.70. The van der Waals surface area contributed by atoms with Gasteiger partial charge in [-0.15, -0.1) is 10.2 Å². The molecule has 4 aromatic rings. The van der Waals surface area contributed by atoms with Crippen LogP contribution in [0.1, 0.15) is 27.0 Å². The van der Waals surface area contributed by atoms with Crippen LogP contribution in [0.3, 0.4) is 0 Å². The number of benzene rings is 3. The lowest BCUT2D eigenvalue weighted by molar-refractivity contribution is 0.0664. The molecule has 1 N–H and O–H groups in total. The van der Waals surface area contributed by atoms with Crippen LogP contribution in [-0.4, -0.2) is 64.1 Å². The van der Waals surface area contributed by atoms with Gasteiger partial charge in [-0.2, -0.15) is 0 Å². The van der Waals surface area contributed by atoms with Crippen LogP contribution in [0.4, 0.5) is 11.6 Å². The number of amides is 1. The SMILES string of the molecule is Cc1cccc(C)c1-c1cc(C)c2nc(Nc3ccc(C(=O)N4CCN(C)CC4)cc3)nnc2c1. The number of likely N-dealkylation sites (N-methyl/N-ethyl adjacent to an activating group) is 1. The molecule has 1 fully saturated rings. The zero-order valence-corrected chi connectivity index (χ0v) is 20.7. The molecule has 5 rings (SSSR count). The summed E-state index contributed by atoms with van der Waals surface area (Å²) in [5.74, 6) is 0.502. The van der Waals surface area contributed by atoms with Crippen molar-refractivity contribution in [2.24, 2.45) is 0 Å². The fraction of sp³-hybridized carbons (Fsp3) is 0.286. The predicted molar refractivity (Wildman–Crippen MR) is 140 cm³/mol. The van der Waals surface area contributed by atoms with Crippen LogP contribution in [0.5, 0.6) is 0 Å². The molecule has 0 radical (unpaired) electrons. The van der Waals surface area contributed by atoms with Crippen LogP contribution in [-0.2, 0) is 0 Å². The van der Waals surface area contributed by atoms with Crippen molar-refractivity contribution >= 4 is 28.6 Å². The molecule has 0 spiro atoms. The smallest absolute Gasteiger partial charge is 0.253 e. The molecule has 1 aliphatic heterocycles. The third-order valence-corrected chi connectivity index (χ3v) is 6.70. The molecule has 0 bridgehead atoms. The summed E-state index contributed by atoms with van der Waals surface area (Å²) in [7, 11) is 2.08. The molecule has 35 heavy (non-hydrogen) atoms. The Morgan fingerprint density at radius 2 is 1.54 bits per heavy atom. The first-order chi connectivity index (χ1) is 16.9. The minimum absolute atomic E-state index is 0.0728. The Bertz CT molecular complexity index is 1370. The van der Waals surface area contributed by atoms with Crippen molar-refractivity contribution in [1.29, 1.82) is 0 Å². The number of hydrogen-bond donors (Lipinski definition) is 1. The van der Waals surface area contributed by atoms with Crippen molar-refractivity contribution < 1.29 is 4.79 Å². The van der Waals surface area contributed by atoms with Crippen LogP contribution in [0.2, 0.25) is 0 Å². The van der Waals surface area contributed by atoms with E-state index in [0.717, 1.165) is 54.0 Å². The number of carbonyl (C=O) groups excluding carboxylic acids is 1. The van der Waals surface area contributed by atoms with E-state index >= 15 is 0 Å². The minimum atomic E-state index is 0.0728. The second-order valence-electron chi connectivity index (χ2n) is 9.36. The molecule has 0 saturated carbocycles. The normalized spacial score (nSPS) is 14.3. The lowest BCUT2D eigenvalue weighted by Crippen LogP contribution is -2.47. The summed E-state index contributed by atoms with van der Waals surface area (Å²) in [5.41, 5.74) is 8.95. The van der Waals surface area contributed by atoms with Crippen molar-refractivity contribution in [3.05, 3.63) is 76.9 Å². The minimum Gasteiger partial charge on any atom is -0.336 e. The van der Waals surface area contributed by atoms with Crippen LogP contribution in [0, 0.1) is 20.8 Å². The van der Waals surface area contributed by atoms with Crippen molar-refractivity contribution in [3.63, 3.8) is 0 Å². The number of fused-ring (bicyclic) bond motifs is 1. The van der Waals surface area contributed by atoms with Gasteiger partial charge >= 0.3 is 0 Å². The summed E-state index contributed by atoms with van der Waals surface area (Å²) in [6.45, 7) is 9.64. The van der Waals surface area contributed by atoms with E-state index in [0.29, 0.717) is 11.5 Å². The van der Waals surface area contributed by atoms with Gasteiger partial charge in [0.25, 0.3) is 5.91 Å². The van der Waals surface area contributed by atoms with Crippen molar-refractivity contribution in [1.82, 2.24) is 25.0 Å². The molecular formula is C28H30N6O. The first-order valence-electron chi connectivity index (χ1n) is 12.0. The second kappa shape index (κ2) is 9.43. The van der Waals surface area contributed by atoms with Gasteiger partial charge < -0.3 is 15.1 Å². The standard InChI is InChI=1S/C28H30N6O/c1-18-6-5-7-19(2)25(18)22-16-20(3)26-24(17-22)31-32-28(30-26)29-23-10-8-21(9-11-23)27(35)34-14-12-33(4)13-15-34/h5-11,16-17H,12-15H2,1-4H3,(H,29,30,32). The van der Waals surface area contributed by atoms with E-state index in [1.165, 1.54) is 16.7 Å². The van der Waals surface area contributed by atoms with Crippen molar-refractivity contribution in [2.75, 3.05) is 38.5 Å². The summed E-state index contributed by atoms with van der Waals surface area (Å²) >= 11 is 0. The van der Waals surface area contributed by atoms with E-state index < -0.39 is 0 Å². The highest BCUT2D eigenvalue weighted by Gasteiger charge is 2.20. The molecule has 0 unspecified atom stereocenters. The molecule has 2 heterocycles. The number of piperazine rings is 1. The van der Waals surface area contributed by atoms with Gasteiger partial charge in [0, 0.05) is 37.4 Å². The highest BCUT2D eigenvalue weighted by molar-refractivity contribution is 5.94. The van der Waals surface area contributed by atoms with Gasteiger partial charge in [-0.1, -0.05) is 18.2 Å². The maximum Gasteiger partial charge on any atom is 0.253 e. The van der Waals surface area contributed by atoms with E-state index in [-0.39, 0.29) is 5.91 Å². The number of anilines is 2. The molecule has 1 amide bonds.